The number of benzene rings is 1. The van der Waals surface area contributed by atoms with Gasteiger partial charge in [0.15, 0.2) is 5.11 Å². The lowest BCUT2D eigenvalue weighted by Gasteiger charge is -2.30. The van der Waals surface area contributed by atoms with E-state index in [4.69, 9.17) is 12.2 Å². The molecule has 1 heterocycles. The van der Waals surface area contributed by atoms with E-state index in [0.29, 0.717) is 0 Å². The Morgan fingerprint density at radius 2 is 2.14 bits per heavy atom. The van der Waals surface area contributed by atoms with Crippen molar-refractivity contribution in [2.45, 2.75) is 52.5 Å². The third-order valence-electron chi connectivity index (χ3n) is 4.68. The lowest BCUT2D eigenvalue weighted by atomic mass is 10.0. The number of hydrogen-bond donors (Lipinski definition) is 3. The summed E-state index contributed by atoms with van der Waals surface area (Å²) in [5, 5.41) is 7.38. The molecule has 4 heteroatoms. The first-order valence-corrected chi connectivity index (χ1v) is 8.94. The van der Waals surface area contributed by atoms with E-state index >= 15 is 0 Å². The van der Waals surface area contributed by atoms with E-state index in [0.717, 1.165) is 23.4 Å². The zero-order chi connectivity index (χ0) is 15.9. The highest BCUT2D eigenvalue weighted by atomic mass is 32.1. The topological polar surface area (TPSA) is 28.5 Å². The SMILES string of the molecule is Cc1ccc(C)c(NC(=S)NCCC[NH+]2CCCC[C@H]2C)c1. The molecular weight excluding hydrogens is 290 g/mol. The normalized spacial score (nSPS) is 21.4. The molecule has 122 valence electrons. The van der Waals surface area contributed by atoms with Crippen LogP contribution in [0.2, 0.25) is 0 Å². The van der Waals surface area contributed by atoms with Crippen molar-refractivity contribution >= 4 is 23.0 Å². The zero-order valence-corrected chi connectivity index (χ0v) is 15.0. The highest BCUT2D eigenvalue weighted by Gasteiger charge is 2.20. The molecule has 2 rings (SSSR count). The van der Waals surface area contributed by atoms with E-state index in [9.17, 15) is 0 Å². The molecule has 3 nitrogen and oxygen atoms in total. The number of hydrogen-bond acceptors (Lipinski definition) is 1. The molecule has 0 aromatic heterocycles. The fraction of sp³-hybridized carbons (Fsp3) is 0.611. The Bertz CT molecular complexity index is 501. The van der Waals surface area contributed by atoms with Gasteiger partial charge in [-0.2, -0.15) is 0 Å². The number of aryl methyl sites for hydroxylation is 2. The van der Waals surface area contributed by atoms with Crippen molar-refractivity contribution in [3.05, 3.63) is 29.3 Å². The van der Waals surface area contributed by atoms with Crippen LogP contribution in [-0.2, 0) is 0 Å². The fourth-order valence-corrected chi connectivity index (χ4v) is 3.39. The molecule has 3 N–H and O–H groups in total. The van der Waals surface area contributed by atoms with Gasteiger partial charge in [0.2, 0.25) is 0 Å². The second-order valence-electron chi connectivity index (χ2n) is 6.61. The summed E-state index contributed by atoms with van der Waals surface area (Å²) < 4.78 is 0. The van der Waals surface area contributed by atoms with Gasteiger partial charge in [-0.05, 0) is 69.4 Å². The van der Waals surface area contributed by atoms with Gasteiger partial charge in [0.05, 0.1) is 19.1 Å². The van der Waals surface area contributed by atoms with Gasteiger partial charge in [-0.3, -0.25) is 0 Å². The summed E-state index contributed by atoms with van der Waals surface area (Å²) in [6.07, 6.45) is 5.36. The quantitative estimate of drug-likeness (QED) is 0.575. The van der Waals surface area contributed by atoms with E-state index in [2.05, 4.69) is 49.6 Å². The van der Waals surface area contributed by atoms with Crippen LogP contribution in [0.3, 0.4) is 0 Å². The Balaban J connectivity index is 1.68. The first-order chi connectivity index (χ1) is 10.6. The Morgan fingerprint density at radius 3 is 2.91 bits per heavy atom. The molecule has 0 saturated carbocycles. The maximum Gasteiger partial charge on any atom is 0.170 e. The molecule has 1 aliphatic rings. The van der Waals surface area contributed by atoms with Crippen molar-refractivity contribution in [3.8, 4) is 0 Å². The standard InChI is InChI=1S/C18H29N3S/c1-14-8-9-15(2)17(13-14)20-18(22)19-10-6-12-21-11-5-4-7-16(21)3/h8-9,13,16H,4-7,10-12H2,1-3H3,(H2,19,20,22)/p+1/t16-/m1/s1. The number of piperidine rings is 1. The zero-order valence-electron chi connectivity index (χ0n) is 14.2. The summed E-state index contributed by atoms with van der Waals surface area (Å²) in [4.78, 5) is 1.77. The summed E-state index contributed by atoms with van der Waals surface area (Å²) in [5.41, 5.74) is 3.58. The molecule has 0 amide bonds. The van der Waals surface area contributed by atoms with E-state index in [1.54, 1.807) is 4.90 Å². The molecule has 1 aromatic rings. The van der Waals surface area contributed by atoms with Gasteiger partial charge in [-0.15, -0.1) is 0 Å². The Kier molecular flexibility index (Phi) is 6.65. The van der Waals surface area contributed by atoms with Crippen LogP contribution in [0.4, 0.5) is 5.69 Å². The second-order valence-corrected chi connectivity index (χ2v) is 7.02. The van der Waals surface area contributed by atoms with Crippen LogP contribution in [0.25, 0.3) is 0 Å². The van der Waals surface area contributed by atoms with Gasteiger partial charge in [0, 0.05) is 18.7 Å². The van der Waals surface area contributed by atoms with Crippen molar-refractivity contribution in [1.82, 2.24) is 5.32 Å². The van der Waals surface area contributed by atoms with Gasteiger partial charge in [0.1, 0.15) is 0 Å². The van der Waals surface area contributed by atoms with Gasteiger partial charge in [-0.1, -0.05) is 12.1 Å². The average Bonchev–Trinajstić information content (AvgIpc) is 2.49. The van der Waals surface area contributed by atoms with Gasteiger partial charge in [0.25, 0.3) is 0 Å². The third kappa shape index (κ3) is 5.25. The maximum absolute atomic E-state index is 5.40. The van der Waals surface area contributed by atoms with Gasteiger partial charge in [-0.25, -0.2) is 0 Å². The fourth-order valence-electron chi connectivity index (χ4n) is 3.18. The maximum atomic E-state index is 5.40. The summed E-state index contributed by atoms with van der Waals surface area (Å²) in [6, 6.07) is 7.22. The molecule has 1 unspecified atom stereocenters. The number of nitrogens with one attached hydrogen (secondary N) is 3. The summed E-state index contributed by atoms with van der Waals surface area (Å²) in [6.45, 7) is 10.1. The van der Waals surface area contributed by atoms with Gasteiger partial charge < -0.3 is 15.5 Å². The highest BCUT2D eigenvalue weighted by Crippen LogP contribution is 2.15. The van der Waals surface area contributed by atoms with Crippen LogP contribution in [0.5, 0.6) is 0 Å². The largest absolute Gasteiger partial charge is 0.362 e. The lowest BCUT2D eigenvalue weighted by Crippen LogP contribution is -3.16. The van der Waals surface area contributed by atoms with Crippen molar-refractivity contribution in [1.29, 1.82) is 0 Å². The number of anilines is 1. The van der Waals surface area contributed by atoms with Crippen LogP contribution in [0, 0.1) is 13.8 Å². The lowest BCUT2D eigenvalue weighted by molar-refractivity contribution is -0.928. The third-order valence-corrected chi connectivity index (χ3v) is 4.93. The van der Waals surface area contributed by atoms with E-state index in [1.807, 2.05) is 0 Å². The minimum absolute atomic E-state index is 0.732. The van der Waals surface area contributed by atoms with E-state index in [1.165, 1.54) is 49.9 Å². The van der Waals surface area contributed by atoms with E-state index in [-0.39, 0.29) is 0 Å². The van der Waals surface area contributed by atoms with Gasteiger partial charge >= 0.3 is 0 Å². The van der Waals surface area contributed by atoms with Crippen LogP contribution < -0.4 is 15.5 Å². The molecule has 22 heavy (non-hydrogen) atoms. The predicted octanol–water partition coefficient (Wildman–Crippen LogP) is 2.44. The number of quaternary nitrogens is 1. The Hall–Kier alpha value is -1.13. The number of rotatable bonds is 5. The molecule has 0 aliphatic carbocycles. The van der Waals surface area contributed by atoms with E-state index < -0.39 is 0 Å². The van der Waals surface area contributed by atoms with Crippen LogP contribution in [-0.4, -0.2) is 30.8 Å². The molecule has 1 fully saturated rings. The first kappa shape index (κ1) is 17.2. The van der Waals surface area contributed by atoms with Crippen LogP contribution >= 0.6 is 12.2 Å². The van der Waals surface area contributed by atoms with Crippen LogP contribution in [0.1, 0.15) is 43.7 Å². The molecule has 1 saturated heterocycles. The minimum Gasteiger partial charge on any atom is -0.362 e. The summed E-state index contributed by atoms with van der Waals surface area (Å²) >= 11 is 5.40. The molecule has 0 spiro atoms. The molecule has 2 atom stereocenters. The van der Waals surface area contributed by atoms with Crippen molar-refractivity contribution in [3.63, 3.8) is 0 Å². The monoisotopic (exact) mass is 320 g/mol. The second kappa shape index (κ2) is 8.49. The number of likely N-dealkylation sites (tertiary alicyclic amines) is 1. The Morgan fingerprint density at radius 1 is 1.32 bits per heavy atom. The molecule has 0 radical (unpaired) electrons. The van der Waals surface area contributed by atoms with Crippen LogP contribution in [0.15, 0.2) is 18.2 Å². The average molecular weight is 321 g/mol. The minimum atomic E-state index is 0.732. The number of thiocarbonyl (C=S) groups is 1. The smallest absolute Gasteiger partial charge is 0.170 e. The first-order valence-electron chi connectivity index (χ1n) is 8.53. The van der Waals surface area contributed by atoms with Crippen molar-refractivity contribution in [2.75, 3.05) is 25.0 Å². The molecule has 0 bridgehead atoms. The summed E-state index contributed by atoms with van der Waals surface area (Å²) in [7, 11) is 0. The molecule has 1 aromatic carbocycles. The Labute approximate surface area is 140 Å². The van der Waals surface area contributed by atoms with Crippen molar-refractivity contribution < 1.29 is 4.90 Å². The highest BCUT2D eigenvalue weighted by molar-refractivity contribution is 7.80. The molecule has 1 aliphatic heterocycles. The molecular formula is C18H30N3S+. The van der Waals surface area contributed by atoms with Crippen molar-refractivity contribution in [2.24, 2.45) is 0 Å². The summed E-state index contributed by atoms with van der Waals surface area (Å²) in [5.74, 6) is 0. The predicted molar refractivity (Wildman–Crippen MR) is 98.8 cm³/mol.